The molecule has 0 N–H and O–H groups in total. The summed E-state index contributed by atoms with van der Waals surface area (Å²) >= 11 is 3.91. The molecule has 0 heterocycles. The molecule has 0 fully saturated rings. The summed E-state index contributed by atoms with van der Waals surface area (Å²) in [4.78, 5) is 0. The van der Waals surface area contributed by atoms with Gasteiger partial charge in [-0.15, -0.1) is 0 Å². The van der Waals surface area contributed by atoms with Gasteiger partial charge in [0.2, 0.25) is 0 Å². The van der Waals surface area contributed by atoms with Crippen LogP contribution in [0.15, 0.2) is 102 Å². The van der Waals surface area contributed by atoms with E-state index in [0.29, 0.717) is 0 Å². The molecule has 4 heteroatoms. The van der Waals surface area contributed by atoms with Crippen molar-refractivity contribution in [2.24, 2.45) is 0 Å². The first kappa shape index (κ1) is 23.0. The third-order valence-corrected chi connectivity index (χ3v) is 10.7. The molecule has 0 amide bonds. The number of halogens is 1. The van der Waals surface area contributed by atoms with Crippen molar-refractivity contribution >= 4 is 53.0 Å². The Hall–Kier alpha value is -2.19. The quantitative estimate of drug-likeness (QED) is 0.211. The zero-order valence-electron chi connectivity index (χ0n) is 19.0. The van der Waals surface area contributed by atoms with Crippen LogP contribution in [0.4, 0.5) is 0 Å². The molecule has 0 saturated carbocycles. The molecule has 4 rings (SSSR count). The van der Waals surface area contributed by atoms with Crippen molar-refractivity contribution in [2.75, 3.05) is 7.11 Å². The first-order chi connectivity index (χ1) is 15.4. The zero-order chi connectivity index (χ0) is 22.7. The molecule has 0 radical (unpaired) electrons. The van der Waals surface area contributed by atoms with E-state index >= 15 is 0 Å². The van der Waals surface area contributed by atoms with Gasteiger partial charge in [0.25, 0.3) is 0 Å². The molecule has 162 valence electrons. The highest BCUT2D eigenvalue weighted by atomic mass is 79.9. The van der Waals surface area contributed by atoms with E-state index < -0.39 is 16.0 Å². The van der Waals surface area contributed by atoms with Crippen LogP contribution in [-0.4, -0.2) is 15.2 Å². The van der Waals surface area contributed by atoms with Gasteiger partial charge in [-0.25, -0.2) is 0 Å². The van der Waals surface area contributed by atoms with E-state index in [1.165, 1.54) is 32.2 Å². The molecule has 0 saturated heterocycles. The van der Waals surface area contributed by atoms with E-state index in [9.17, 15) is 0 Å². The Kier molecular flexibility index (Phi) is 7.00. The monoisotopic (exact) mass is 518 g/mol. The lowest BCUT2D eigenvalue weighted by molar-refractivity contribution is 0.417. The predicted octanol–water partition coefficient (Wildman–Crippen LogP) is 6.43. The summed E-state index contributed by atoms with van der Waals surface area (Å²) in [5.74, 6) is 0.924. The average molecular weight is 519 g/mol. The third-order valence-electron chi connectivity index (χ3n) is 5.57. The van der Waals surface area contributed by atoms with Crippen LogP contribution < -0.4 is 25.8 Å². The summed E-state index contributed by atoms with van der Waals surface area (Å²) in [7, 11) is -0.602. The molecule has 0 aromatic heterocycles. The van der Waals surface area contributed by atoms with Crippen LogP contribution in [0.1, 0.15) is 0 Å². The maximum atomic E-state index is 5.99. The minimum absolute atomic E-state index is 0.758. The van der Waals surface area contributed by atoms with Gasteiger partial charge in [0, 0.05) is 10.0 Å². The molecule has 0 aliphatic rings. The van der Waals surface area contributed by atoms with Crippen LogP contribution in [0.3, 0.4) is 0 Å². The molecule has 0 atom stereocenters. The Balaban J connectivity index is 2.09. The van der Waals surface area contributed by atoms with Crippen molar-refractivity contribution < 1.29 is 4.74 Å². The van der Waals surface area contributed by atoms with Gasteiger partial charge < -0.3 is 4.74 Å². The van der Waals surface area contributed by atoms with Crippen LogP contribution >= 0.6 is 23.9 Å². The van der Waals surface area contributed by atoms with Gasteiger partial charge in [-0.3, -0.25) is 0 Å². The first-order valence-corrected chi connectivity index (χ1v) is 16.4. The van der Waals surface area contributed by atoms with Gasteiger partial charge in [-0.2, -0.15) is 0 Å². The Labute approximate surface area is 202 Å². The van der Waals surface area contributed by atoms with Crippen LogP contribution in [0.25, 0.3) is 11.1 Å². The third kappa shape index (κ3) is 4.61. The van der Waals surface area contributed by atoms with Crippen molar-refractivity contribution in [1.29, 1.82) is 0 Å². The molecule has 32 heavy (non-hydrogen) atoms. The Morgan fingerprint density at radius 1 is 0.656 bits per heavy atom. The van der Waals surface area contributed by atoms with Crippen LogP contribution in [0, 0.1) is 0 Å². The molecule has 0 aliphatic carbocycles. The van der Waals surface area contributed by atoms with Crippen molar-refractivity contribution in [3.63, 3.8) is 0 Å². The van der Waals surface area contributed by atoms with Gasteiger partial charge in [-0.05, 0) is 41.5 Å². The van der Waals surface area contributed by atoms with Crippen LogP contribution in [0.5, 0.6) is 5.75 Å². The molecule has 0 aliphatic heterocycles. The van der Waals surface area contributed by atoms with E-state index in [1.807, 2.05) is 0 Å². The van der Waals surface area contributed by atoms with Crippen molar-refractivity contribution in [1.82, 2.24) is 0 Å². The van der Waals surface area contributed by atoms with Gasteiger partial charge in [0.1, 0.15) is 5.75 Å². The summed E-state index contributed by atoms with van der Waals surface area (Å²) in [6.45, 7) is 7.22. The lowest BCUT2D eigenvalue weighted by atomic mass is 10.0. The normalized spacial score (nSPS) is 11.6. The standard InChI is InChI=1S/C28H28BrOPSi/c1-30-24-18-12-19-25(28(24)27-23(29)17-11-20-26(27)32(2,3)4)31(21-13-7-5-8-14-21)22-15-9-6-10-16-22/h5-20H,1-4H3. The molecular formula is C28H28BrOPSi. The van der Waals surface area contributed by atoms with Gasteiger partial charge in [0.15, 0.2) is 0 Å². The number of hydrogen-bond donors (Lipinski definition) is 0. The van der Waals surface area contributed by atoms with Crippen molar-refractivity contribution in [3.05, 3.63) is 102 Å². The summed E-state index contributed by atoms with van der Waals surface area (Å²) in [5.41, 5.74) is 2.48. The molecule has 1 nitrogen and oxygen atoms in total. The fourth-order valence-corrected chi connectivity index (χ4v) is 8.94. The number of methoxy groups -OCH3 is 1. The van der Waals surface area contributed by atoms with Gasteiger partial charge in [-0.1, -0.05) is 126 Å². The second kappa shape index (κ2) is 9.75. The number of hydrogen-bond acceptors (Lipinski definition) is 1. The Bertz CT molecular complexity index is 1160. The lowest BCUT2D eigenvalue weighted by Gasteiger charge is -2.28. The van der Waals surface area contributed by atoms with Gasteiger partial charge in [0.05, 0.1) is 15.2 Å². The highest BCUT2D eigenvalue weighted by Crippen LogP contribution is 2.42. The molecule has 4 aromatic rings. The minimum atomic E-state index is -1.62. The highest BCUT2D eigenvalue weighted by Gasteiger charge is 2.28. The Morgan fingerprint density at radius 2 is 1.22 bits per heavy atom. The van der Waals surface area contributed by atoms with Crippen LogP contribution in [0.2, 0.25) is 19.6 Å². The maximum Gasteiger partial charge on any atom is 0.127 e. The molecule has 0 bridgehead atoms. The summed E-state index contributed by atoms with van der Waals surface area (Å²) in [6, 6.07) is 34.9. The topological polar surface area (TPSA) is 9.23 Å². The van der Waals surface area contributed by atoms with Gasteiger partial charge >= 0.3 is 0 Å². The zero-order valence-corrected chi connectivity index (χ0v) is 22.5. The molecule has 4 aromatic carbocycles. The maximum absolute atomic E-state index is 5.99. The average Bonchev–Trinajstić information content (AvgIpc) is 2.80. The molecule has 0 unspecified atom stereocenters. The first-order valence-electron chi connectivity index (χ1n) is 10.8. The summed E-state index contributed by atoms with van der Waals surface area (Å²) < 4.78 is 7.11. The van der Waals surface area contributed by atoms with E-state index in [0.717, 1.165) is 10.2 Å². The summed E-state index contributed by atoms with van der Waals surface area (Å²) in [5, 5.41) is 5.44. The fourth-order valence-electron chi connectivity index (χ4n) is 4.11. The van der Waals surface area contributed by atoms with E-state index in [2.05, 4.69) is 133 Å². The summed E-state index contributed by atoms with van der Waals surface area (Å²) in [6.07, 6.45) is 0. The number of ether oxygens (including phenoxy) is 1. The highest BCUT2D eigenvalue weighted by molar-refractivity contribution is 9.10. The van der Waals surface area contributed by atoms with Crippen molar-refractivity contribution in [2.45, 2.75) is 19.6 Å². The minimum Gasteiger partial charge on any atom is -0.496 e. The van der Waals surface area contributed by atoms with E-state index in [-0.39, 0.29) is 0 Å². The van der Waals surface area contributed by atoms with Crippen molar-refractivity contribution in [3.8, 4) is 16.9 Å². The number of benzene rings is 4. The fraction of sp³-hybridized carbons (Fsp3) is 0.143. The second-order valence-corrected chi connectivity index (χ2v) is 16.9. The van der Waals surface area contributed by atoms with E-state index in [4.69, 9.17) is 4.74 Å². The SMILES string of the molecule is COc1cccc(P(c2ccccc2)c2ccccc2)c1-c1c(Br)cccc1[Si](C)(C)C. The second-order valence-electron chi connectivity index (χ2n) is 8.77. The lowest BCUT2D eigenvalue weighted by Crippen LogP contribution is -2.39. The van der Waals surface area contributed by atoms with E-state index in [1.54, 1.807) is 7.11 Å². The number of rotatable bonds is 6. The largest absolute Gasteiger partial charge is 0.496 e. The van der Waals surface area contributed by atoms with Crippen LogP contribution in [-0.2, 0) is 0 Å². The predicted molar refractivity (Wildman–Crippen MR) is 148 cm³/mol. The Morgan fingerprint density at radius 3 is 1.75 bits per heavy atom. The molecule has 0 spiro atoms. The smallest absolute Gasteiger partial charge is 0.127 e. The molecular weight excluding hydrogens is 491 g/mol.